The summed E-state index contributed by atoms with van der Waals surface area (Å²) in [6, 6.07) is 8.07. The Balaban J connectivity index is 1.64. The Morgan fingerprint density at radius 2 is 2.17 bits per heavy atom. The molecule has 0 fully saturated rings. The Kier molecular flexibility index (Phi) is 4.43. The molecular formula is C17H20N4OS. The largest absolute Gasteiger partial charge is 0.350 e. The van der Waals surface area contributed by atoms with E-state index in [1.165, 1.54) is 5.56 Å². The zero-order chi connectivity index (χ0) is 16.4. The first-order chi connectivity index (χ1) is 11.1. The first kappa shape index (κ1) is 15.7. The van der Waals surface area contributed by atoms with E-state index >= 15 is 0 Å². The smallest absolute Gasteiger partial charge is 0.267 e. The Morgan fingerprint density at radius 1 is 1.35 bits per heavy atom. The number of carbonyl (C=O) groups is 1. The molecule has 1 amide bonds. The molecule has 23 heavy (non-hydrogen) atoms. The van der Waals surface area contributed by atoms with Crippen LogP contribution in [-0.2, 0) is 14.1 Å². The number of amides is 1. The quantitative estimate of drug-likeness (QED) is 0.579. The van der Waals surface area contributed by atoms with Crippen molar-refractivity contribution in [3.05, 3.63) is 47.9 Å². The predicted octanol–water partition coefficient (Wildman–Crippen LogP) is 2.74. The maximum atomic E-state index is 12.4. The highest BCUT2D eigenvalue weighted by atomic mass is 32.2. The summed E-state index contributed by atoms with van der Waals surface area (Å²) in [5.41, 5.74) is 2.98. The summed E-state index contributed by atoms with van der Waals surface area (Å²) in [5, 5.41) is 5.04. The van der Waals surface area contributed by atoms with E-state index < -0.39 is 0 Å². The van der Waals surface area contributed by atoms with E-state index in [0.717, 1.165) is 21.8 Å². The number of carbonyl (C=O) groups excluding carboxylic acids is 1. The van der Waals surface area contributed by atoms with Crippen LogP contribution in [0.2, 0.25) is 0 Å². The first-order valence-corrected chi connectivity index (χ1v) is 8.50. The maximum absolute atomic E-state index is 12.4. The second kappa shape index (κ2) is 6.50. The molecule has 5 nitrogen and oxygen atoms in total. The van der Waals surface area contributed by atoms with Crippen molar-refractivity contribution in [2.45, 2.75) is 12.1 Å². The normalized spacial score (nSPS) is 11.1. The van der Waals surface area contributed by atoms with Crippen molar-refractivity contribution in [2.24, 2.45) is 14.1 Å². The van der Waals surface area contributed by atoms with E-state index in [2.05, 4.69) is 23.3 Å². The molecule has 0 atom stereocenters. The lowest BCUT2D eigenvalue weighted by Gasteiger charge is -2.07. The number of rotatable bonds is 5. The van der Waals surface area contributed by atoms with Crippen LogP contribution in [0.5, 0.6) is 0 Å². The average Bonchev–Trinajstić information content (AvgIpc) is 3.08. The van der Waals surface area contributed by atoms with Crippen LogP contribution in [0.15, 0.2) is 41.8 Å². The van der Waals surface area contributed by atoms with Gasteiger partial charge in [-0.05, 0) is 18.6 Å². The first-order valence-electron chi connectivity index (χ1n) is 7.51. The van der Waals surface area contributed by atoms with Crippen LogP contribution in [0.4, 0.5) is 0 Å². The van der Waals surface area contributed by atoms with Gasteiger partial charge in [-0.3, -0.25) is 4.79 Å². The van der Waals surface area contributed by atoms with Crippen LogP contribution in [0, 0.1) is 6.92 Å². The highest BCUT2D eigenvalue weighted by Crippen LogP contribution is 2.22. The fraction of sp³-hybridized carbons (Fsp3) is 0.294. The van der Waals surface area contributed by atoms with Crippen LogP contribution in [0.25, 0.3) is 10.9 Å². The highest BCUT2D eigenvalue weighted by Gasteiger charge is 2.14. The van der Waals surface area contributed by atoms with Gasteiger partial charge in [-0.1, -0.05) is 30.0 Å². The molecular weight excluding hydrogens is 308 g/mol. The number of hydrogen-bond donors (Lipinski definition) is 1. The molecule has 0 aliphatic heterocycles. The monoisotopic (exact) mass is 328 g/mol. The summed E-state index contributed by atoms with van der Waals surface area (Å²) >= 11 is 1.63. The van der Waals surface area contributed by atoms with E-state index in [-0.39, 0.29) is 5.91 Å². The molecule has 0 spiro atoms. The lowest BCUT2D eigenvalue weighted by molar-refractivity contribution is 0.0948. The van der Waals surface area contributed by atoms with Crippen molar-refractivity contribution in [1.82, 2.24) is 19.4 Å². The number of imidazole rings is 1. The van der Waals surface area contributed by atoms with E-state index in [4.69, 9.17) is 0 Å². The zero-order valence-electron chi connectivity index (χ0n) is 13.5. The van der Waals surface area contributed by atoms with Crippen molar-refractivity contribution in [2.75, 3.05) is 12.3 Å². The van der Waals surface area contributed by atoms with Crippen LogP contribution >= 0.6 is 11.8 Å². The standard InChI is InChI=1S/C17H20N4OS/c1-12-5-4-6-13-11-14(21(3)15(12)13)16(22)18-8-10-23-17-19-7-9-20(17)2/h4-7,9,11H,8,10H2,1-3H3,(H,18,22). The van der Waals surface area contributed by atoms with Gasteiger partial charge < -0.3 is 14.5 Å². The van der Waals surface area contributed by atoms with Crippen molar-refractivity contribution in [1.29, 1.82) is 0 Å². The van der Waals surface area contributed by atoms with E-state index in [1.807, 2.05) is 47.6 Å². The van der Waals surface area contributed by atoms with E-state index in [9.17, 15) is 4.79 Å². The van der Waals surface area contributed by atoms with Gasteiger partial charge in [-0.25, -0.2) is 4.98 Å². The van der Waals surface area contributed by atoms with E-state index in [0.29, 0.717) is 12.2 Å². The van der Waals surface area contributed by atoms with Gasteiger partial charge in [0.15, 0.2) is 5.16 Å². The molecule has 0 radical (unpaired) electrons. The summed E-state index contributed by atoms with van der Waals surface area (Å²) in [4.78, 5) is 16.7. The maximum Gasteiger partial charge on any atom is 0.267 e. The fourth-order valence-electron chi connectivity index (χ4n) is 2.73. The molecule has 1 aromatic carbocycles. The second-order valence-corrected chi connectivity index (χ2v) is 6.59. The number of para-hydroxylation sites is 1. The summed E-state index contributed by atoms with van der Waals surface area (Å²) in [7, 11) is 3.90. The molecule has 2 aromatic heterocycles. The molecule has 0 saturated carbocycles. The number of nitrogens with one attached hydrogen (secondary N) is 1. The highest BCUT2D eigenvalue weighted by molar-refractivity contribution is 7.99. The number of hydrogen-bond acceptors (Lipinski definition) is 3. The molecule has 0 saturated heterocycles. The number of aryl methyl sites for hydroxylation is 3. The summed E-state index contributed by atoms with van der Waals surface area (Å²) in [6.07, 6.45) is 3.69. The van der Waals surface area contributed by atoms with Gasteiger partial charge in [-0.15, -0.1) is 0 Å². The molecule has 2 heterocycles. The van der Waals surface area contributed by atoms with Gasteiger partial charge in [0, 0.05) is 44.2 Å². The molecule has 120 valence electrons. The third-order valence-electron chi connectivity index (χ3n) is 3.89. The number of benzene rings is 1. The van der Waals surface area contributed by atoms with Crippen molar-refractivity contribution < 1.29 is 4.79 Å². The molecule has 0 aliphatic carbocycles. The van der Waals surface area contributed by atoms with Crippen molar-refractivity contribution >= 4 is 28.6 Å². The summed E-state index contributed by atoms with van der Waals surface area (Å²) in [6.45, 7) is 2.67. The molecule has 3 rings (SSSR count). The second-order valence-electron chi connectivity index (χ2n) is 5.53. The Hall–Kier alpha value is -2.21. The summed E-state index contributed by atoms with van der Waals surface area (Å²) < 4.78 is 3.94. The van der Waals surface area contributed by atoms with Crippen LogP contribution in [0.1, 0.15) is 16.1 Å². The third kappa shape index (κ3) is 3.12. The minimum Gasteiger partial charge on any atom is -0.350 e. The zero-order valence-corrected chi connectivity index (χ0v) is 14.4. The Morgan fingerprint density at radius 3 is 2.87 bits per heavy atom. The minimum atomic E-state index is -0.0384. The third-order valence-corrected chi connectivity index (χ3v) is 4.95. The number of nitrogens with zero attached hydrogens (tertiary/aromatic N) is 3. The number of thioether (sulfide) groups is 1. The Bertz CT molecular complexity index is 850. The average molecular weight is 328 g/mol. The lowest BCUT2D eigenvalue weighted by atomic mass is 10.2. The molecule has 1 N–H and O–H groups in total. The van der Waals surface area contributed by atoms with Gasteiger partial charge in [-0.2, -0.15) is 0 Å². The molecule has 3 aromatic rings. The predicted molar refractivity (Wildman–Crippen MR) is 93.9 cm³/mol. The molecule has 6 heteroatoms. The summed E-state index contributed by atoms with van der Waals surface area (Å²) in [5.74, 6) is 0.753. The molecule has 0 bridgehead atoms. The van der Waals surface area contributed by atoms with Gasteiger partial charge in [0.25, 0.3) is 5.91 Å². The van der Waals surface area contributed by atoms with Gasteiger partial charge in [0.1, 0.15) is 5.69 Å². The number of fused-ring (bicyclic) bond motifs is 1. The topological polar surface area (TPSA) is 51.9 Å². The van der Waals surface area contributed by atoms with Crippen molar-refractivity contribution in [3.8, 4) is 0 Å². The van der Waals surface area contributed by atoms with Crippen LogP contribution in [-0.4, -0.2) is 32.3 Å². The molecule has 0 unspecified atom stereocenters. The van der Waals surface area contributed by atoms with Crippen LogP contribution in [0.3, 0.4) is 0 Å². The number of aromatic nitrogens is 3. The van der Waals surface area contributed by atoms with Gasteiger partial charge >= 0.3 is 0 Å². The minimum absolute atomic E-state index is 0.0384. The van der Waals surface area contributed by atoms with Crippen molar-refractivity contribution in [3.63, 3.8) is 0 Å². The van der Waals surface area contributed by atoms with Gasteiger partial charge in [0.05, 0.1) is 5.52 Å². The van der Waals surface area contributed by atoms with Crippen LogP contribution < -0.4 is 5.32 Å². The fourth-order valence-corrected chi connectivity index (χ4v) is 3.51. The van der Waals surface area contributed by atoms with Gasteiger partial charge in [0.2, 0.25) is 0 Å². The molecule has 0 aliphatic rings. The Labute approximate surface area is 139 Å². The lowest BCUT2D eigenvalue weighted by Crippen LogP contribution is -2.27. The van der Waals surface area contributed by atoms with E-state index in [1.54, 1.807) is 18.0 Å². The SMILES string of the molecule is Cc1cccc2cc(C(=O)NCCSc3nccn3C)n(C)c12.